The third-order valence-electron chi connectivity index (χ3n) is 2.21. The summed E-state index contributed by atoms with van der Waals surface area (Å²) >= 11 is 0. The highest BCUT2D eigenvalue weighted by atomic mass is 19.1. The molecule has 0 aromatic heterocycles. The Kier molecular flexibility index (Phi) is 5.60. The number of benzene rings is 1. The number of aliphatic carboxylic acids is 2. The fraction of sp³-hybridized carbons (Fsp3) is 0.250. The van der Waals surface area contributed by atoms with Crippen LogP contribution >= 0.6 is 0 Å². The lowest BCUT2D eigenvalue weighted by molar-refractivity contribution is -0.142. The molecule has 0 spiro atoms. The fourth-order valence-electron chi connectivity index (χ4n) is 1.49. The SMILES string of the molecule is O=C(O)CN(CC(=O)O)CC(=O)Nc1ccc(F)cc1. The van der Waals surface area contributed by atoms with E-state index in [1.807, 2.05) is 0 Å². The van der Waals surface area contributed by atoms with Crippen molar-refractivity contribution in [3.63, 3.8) is 0 Å². The molecule has 0 aliphatic heterocycles. The van der Waals surface area contributed by atoms with Gasteiger partial charge >= 0.3 is 11.9 Å². The molecule has 0 saturated heterocycles. The van der Waals surface area contributed by atoms with Crippen LogP contribution in [0.15, 0.2) is 24.3 Å². The summed E-state index contributed by atoms with van der Waals surface area (Å²) < 4.78 is 12.7. The van der Waals surface area contributed by atoms with Gasteiger partial charge in [0.25, 0.3) is 0 Å². The summed E-state index contributed by atoms with van der Waals surface area (Å²) in [6.07, 6.45) is 0. The van der Waals surface area contributed by atoms with Gasteiger partial charge in [0.1, 0.15) is 5.82 Å². The predicted molar refractivity (Wildman–Crippen MR) is 66.7 cm³/mol. The molecule has 0 atom stereocenters. The third kappa shape index (κ3) is 5.91. The van der Waals surface area contributed by atoms with Crippen LogP contribution in [0.5, 0.6) is 0 Å². The summed E-state index contributed by atoms with van der Waals surface area (Å²) in [5.74, 6) is -3.51. The van der Waals surface area contributed by atoms with E-state index in [1.54, 1.807) is 0 Å². The van der Waals surface area contributed by atoms with Gasteiger partial charge in [-0.2, -0.15) is 0 Å². The van der Waals surface area contributed by atoms with Gasteiger partial charge in [0.2, 0.25) is 5.91 Å². The van der Waals surface area contributed by atoms with Crippen LogP contribution in [-0.4, -0.2) is 52.6 Å². The first-order valence-electron chi connectivity index (χ1n) is 5.58. The number of carbonyl (C=O) groups is 3. The summed E-state index contributed by atoms with van der Waals surface area (Å²) in [6.45, 7) is -1.53. The van der Waals surface area contributed by atoms with Crippen molar-refractivity contribution in [2.24, 2.45) is 0 Å². The van der Waals surface area contributed by atoms with Gasteiger partial charge in [-0.3, -0.25) is 19.3 Å². The van der Waals surface area contributed by atoms with Crippen molar-refractivity contribution in [1.29, 1.82) is 0 Å². The highest BCUT2D eigenvalue weighted by molar-refractivity contribution is 5.92. The largest absolute Gasteiger partial charge is 0.480 e. The fourth-order valence-corrected chi connectivity index (χ4v) is 1.49. The van der Waals surface area contributed by atoms with Crippen LogP contribution in [0, 0.1) is 5.82 Å². The van der Waals surface area contributed by atoms with Crippen molar-refractivity contribution in [1.82, 2.24) is 4.90 Å². The number of rotatable bonds is 7. The standard InChI is InChI=1S/C12H13FN2O5/c13-8-1-3-9(4-2-8)14-10(16)5-15(6-11(17)18)7-12(19)20/h1-4H,5-7H2,(H,14,16)(H,17,18)(H,19,20). The quantitative estimate of drug-likeness (QED) is 0.662. The van der Waals surface area contributed by atoms with Gasteiger partial charge in [0, 0.05) is 5.69 Å². The molecule has 7 nitrogen and oxygen atoms in total. The highest BCUT2D eigenvalue weighted by Gasteiger charge is 2.16. The van der Waals surface area contributed by atoms with E-state index in [9.17, 15) is 18.8 Å². The Bertz CT molecular complexity index is 487. The van der Waals surface area contributed by atoms with E-state index in [0.29, 0.717) is 5.69 Å². The van der Waals surface area contributed by atoms with Gasteiger partial charge in [-0.1, -0.05) is 0 Å². The number of carboxylic acid groups (broad SMARTS) is 2. The van der Waals surface area contributed by atoms with Gasteiger partial charge in [0.05, 0.1) is 19.6 Å². The number of amides is 1. The number of nitrogens with one attached hydrogen (secondary N) is 1. The molecular formula is C12H13FN2O5. The summed E-state index contributed by atoms with van der Waals surface area (Å²) in [6, 6.07) is 4.99. The smallest absolute Gasteiger partial charge is 0.317 e. The first-order chi connectivity index (χ1) is 9.36. The molecule has 1 rings (SSSR count). The molecule has 1 aromatic rings. The molecule has 0 unspecified atom stereocenters. The lowest BCUT2D eigenvalue weighted by atomic mass is 10.3. The molecule has 0 fully saturated rings. The minimum atomic E-state index is -1.24. The van der Waals surface area contributed by atoms with Crippen LogP contribution in [0.4, 0.5) is 10.1 Å². The maximum absolute atomic E-state index is 12.7. The van der Waals surface area contributed by atoms with Crippen LogP contribution in [0.25, 0.3) is 0 Å². The highest BCUT2D eigenvalue weighted by Crippen LogP contribution is 2.08. The van der Waals surface area contributed by atoms with Crippen molar-refractivity contribution in [3.8, 4) is 0 Å². The van der Waals surface area contributed by atoms with Crippen LogP contribution in [-0.2, 0) is 14.4 Å². The summed E-state index contributed by atoms with van der Waals surface area (Å²) in [4.78, 5) is 33.7. The second-order valence-electron chi connectivity index (χ2n) is 3.99. The van der Waals surface area contributed by atoms with Gasteiger partial charge in [-0.15, -0.1) is 0 Å². The zero-order chi connectivity index (χ0) is 15.1. The summed E-state index contributed by atoms with van der Waals surface area (Å²) in [5, 5.41) is 19.7. The Morgan fingerprint density at radius 2 is 1.50 bits per heavy atom. The molecule has 0 radical (unpaired) electrons. The number of carboxylic acids is 2. The molecule has 1 aromatic carbocycles. The lowest BCUT2D eigenvalue weighted by Crippen LogP contribution is -2.40. The Morgan fingerprint density at radius 3 is 1.95 bits per heavy atom. The number of nitrogens with zero attached hydrogens (tertiary/aromatic N) is 1. The number of halogens is 1. The van der Waals surface area contributed by atoms with Crippen molar-refractivity contribution < 1.29 is 29.0 Å². The van der Waals surface area contributed by atoms with E-state index in [4.69, 9.17) is 10.2 Å². The predicted octanol–water partition coefficient (Wildman–Crippen LogP) is 0.235. The topological polar surface area (TPSA) is 107 Å². The molecule has 0 saturated carbocycles. The molecule has 1 amide bonds. The zero-order valence-corrected chi connectivity index (χ0v) is 10.4. The molecule has 3 N–H and O–H groups in total. The molecular weight excluding hydrogens is 271 g/mol. The van der Waals surface area contributed by atoms with Gasteiger partial charge in [-0.05, 0) is 24.3 Å². The number of hydrogen-bond donors (Lipinski definition) is 3. The molecule has 0 aliphatic rings. The monoisotopic (exact) mass is 284 g/mol. The second-order valence-corrected chi connectivity index (χ2v) is 3.99. The Morgan fingerprint density at radius 1 is 1.00 bits per heavy atom. The Labute approximate surface area is 113 Å². The minimum absolute atomic E-state index is 0.335. The van der Waals surface area contributed by atoms with E-state index in [2.05, 4.69) is 5.32 Å². The van der Waals surface area contributed by atoms with Crippen LogP contribution in [0.1, 0.15) is 0 Å². The molecule has 108 valence electrons. The summed E-state index contributed by atoms with van der Waals surface area (Å²) in [7, 11) is 0. The molecule has 0 aliphatic carbocycles. The van der Waals surface area contributed by atoms with E-state index in [0.717, 1.165) is 17.0 Å². The minimum Gasteiger partial charge on any atom is -0.480 e. The first-order valence-corrected chi connectivity index (χ1v) is 5.58. The molecule has 0 heterocycles. The first kappa shape index (κ1) is 15.6. The van der Waals surface area contributed by atoms with Gasteiger partial charge in [0.15, 0.2) is 0 Å². The normalized spacial score (nSPS) is 10.3. The van der Waals surface area contributed by atoms with E-state index in [-0.39, 0.29) is 0 Å². The molecule has 20 heavy (non-hydrogen) atoms. The third-order valence-corrected chi connectivity index (χ3v) is 2.21. The summed E-state index contributed by atoms with van der Waals surface area (Å²) in [5.41, 5.74) is 0.335. The zero-order valence-electron chi connectivity index (χ0n) is 10.4. The average Bonchev–Trinajstić information content (AvgIpc) is 2.30. The van der Waals surface area contributed by atoms with Crippen molar-refractivity contribution in [2.45, 2.75) is 0 Å². The van der Waals surface area contributed by atoms with E-state index in [1.165, 1.54) is 12.1 Å². The van der Waals surface area contributed by atoms with Gasteiger partial charge < -0.3 is 15.5 Å². The Balaban J connectivity index is 2.58. The maximum atomic E-state index is 12.7. The van der Waals surface area contributed by atoms with E-state index >= 15 is 0 Å². The van der Waals surface area contributed by atoms with Crippen molar-refractivity contribution in [3.05, 3.63) is 30.1 Å². The number of carbonyl (C=O) groups excluding carboxylic acids is 1. The lowest BCUT2D eigenvalue weighted by Gasteiger charge is -2.17. The maximum Gasteiger partial charge on any atom is 0.317 e. The van der Waals surface area contributed by atoms with Crippen LogP contribution in [0.3, 0.4) is 0 Å². The van der Waals surface area contributed by atoms with Gasteiger partial charge in [-0.25, -0.2) is 4.39 Å². The van der Waals surface area contributed by atoms with Crippen LogP contribution in [0.2, 0.25) is 0 Å². The average molecular weight is 284 g/mol. The van der Waals surface area contributed by atoms with E-state index < -0.39 is 43.3 Å². The molecule has 0 bridgehead atoms. The number of hydrogen-bond acceptors (Lipinski definition) is 4. The van der Waals surface area contributed by atoms with Crippen molar-refractivity contribution >= 4 is 23.5 Å². The second kappa shape index (κ2) is 7.19. The van der Waals surface area contributed by atoms with Crippen molar-refractivity contribution in [2.75, 3.05) is 25.0 Å². The number of anilines is 1. The molecule has 8 heteroatoms. The Hall–Kier alpha value is -2.48. The van der Waals surface area contributed by atoms with Crippen LogP contribution < -0.4 is 5.32 Å².